The van der Waals surface area contributed by atoms with E-state index in [0.29, 0.717) is 37.2 Å². The van der Waals surface area contributed by atoms with Gasteiger partial charge in [0, 0.05) is 48.7 Å². The smallest absolute Gasteiger partial charge is 0.234 e. The van der Waals surface area contributed by atoms with E-state index < -0.39 is 0 Å². The maximum absolute atomic E-state index is 13.1. The van der Waals surface area contributed by atoms with Crippen LogP contribution in [0.4, 0.5) is 0 Å². The molecule has 0 radical (unpaired) electrons. The minimum atomic E-state index is -0.0529. The van der Waals surface area contributed by atoms with Crippen LogP contribution in [-0.4, -0.2) is 90.7 Å². The summed E-state index contributed by atoms with van der Waals surface area (Å²) in [6, 6.07) is 14.4. The molecule has 2 fully saturated rings. The van der Waals surface area contributed by atoms with E-state index in [1.165, 1.54) is 11.5 Å². The molecule has 2 saturated heterocycles. The summed E-state index contributed by atoms with van der Waals surface area (Å²) in [5.74, 6) is 6.82. The van der Waals surface area contributed by atoms with Crippen LogP contribution in [0.2, 0.25) is 0 Å². The van der Waals surface area contributed by atoms with Gasteiger partial charge in [-0.05, 0) is 42.4 Å². The highest BCUT2D eigenvalue weighted by Gasteiger charge is 2.38. The van der Waals surface area contributed by atoms with Gasteiger partial charge in [0.15, 0.2) is 11.5 Å². The van der Waals surface area contributed by atoms with Gasteiger partial charge in [-0.15, -0.1) is 0 Å². The van der Waals surface area contributed by atoms with E-state index in [1.807, 2.05) is 71.9 Å². The number of benzene rings is 2. The highest BCUT2D eigenvalue weighted by molar-refractivity contribution is 8.03. The fraction of sp³-hybridized carbons (Fsp3) is 0.519. The van der Waals surface area contributed by atoms with Crippen LogP contribution >= 0.6 is 23.5 Å². The second-order valence-electron chi connectivity index (χ2n) is 9.69. The maximum atomic E-state index is 13.1. The van der Waals surface area contributed by atoms with Crippen LogP contribution in [0.25, 0.3) is 0 Å². The molecular formula is C27H35N3O4S2. The zero-order valence-electron chi connectivity index (χ0n) is 21.0. The van der Waals surface area contributed by atoms with Crippen molar-refractivity contribution in [2.75, 3.05) is 56.8 Å². The first-order chi connectivity index (χ1) is 17.6. The summed E-state index contributed by atoms with van der Waals surface area (Å²) < 4.78 is 18.2. The largest absolute Gasteiger partial charge is 0.493 e. The third-order valence-electron chi connectivity index (χ3n) is 6.83. The lowest BCUT2D eigenvalue weighted by atomic mass is 10.1. The van der Waals surface area contributed by atoms with Crippen LogP contribution in [-0.2, 0) is 22.7 Å². The molecule has 36 heavy (non-hydrogen) atoms. The minimum absolute atomic E-state index is 0.0240. The SMILES string of the molecule is COc1ccc2cc1Oc1cccc(c1)CO[C@H]1CN(C3CSCCSC3)C[C@@H]1NC(=O)CN(C)C2. The standard InChI is InChI=1S/C27H35N3O4S2/c1-29-12-19-6-7-24(32-2)25(11-19)34-22-5-3-4-20(10-22)16-33-26-14-30(13-23(26)28-27(31)15-29)21-17-35-8-9-36-18-21/h3-7,10-11,21,23,26H,8-9,12-18H2,1-2H3,(H,28,31)/t23-,26-/m0/s1. The van der Waals surface area contributed by atoms with Crippen molar-refractivity contribution in [1.82, 2.24) is 15.1 Å². The van der Waals surface area contributed by atoms with E-state index in [0.717, 1.165) is 41.5 Å². The maximum Gasteiger partial charge on any atom is 0.234 e. The average molecular weight is 530 g/mol. The Hall–Kier alpha value is -1.91. The molecule has 3 aliphatic rings. The third kappa shape index (κ3) is 6.50. The zero-order valence-corrected chi connectivity index (χ0v) is 22.6. The molecular weight excluding hydrogens is 494 g/mol. The number of hydrogen-bond donors (Lipinski definition) is 1. The highest BCUT2D eigenvalue weighted by Crippen LogP contribution is 2.33. The van der Waals surface area contributed by atoms with Gasteiger partial charge in [0.2, 0.25) is 5.91 Å². The number of nitrogens with one attached hydrogen (secondary N) is 1. The summed E-state index contributed by atoms with van der Waals surface area (Å²) in [6.45, 7) is 3.08. The summed E-state index contributed by atoms with van der Waals surface area (Å²) >= 11 is 4.07. The Morgan fingerprint density at radius 2 is 1.86 bits per heavy atom. The third-order valence-corrected chi connectivity index (χ3v) is 9.32. The number of amides is 1. The van der Waals surface area contributed by atoms with E-state index in [-0.39, 0.29) is 18.1 Å². The predicted octanol–water partition coefficient (Wildman–Crippen LogP) is 3.47. The van der Waals surface area contributed by atoms with Gasteiger partial charge in [0.1, 0.15) is 5.75 Å². The van der Waals surface area contributed by atoms with E-state index in [2.05, 4.69) is 16.3 Å². The Morgan fingerprint density at radius 3 is 2.67 bits per heavy atom. The molecule has 2 atom stereocenters. The van der Waals surface area contributed by atoms with Crippen molar-refractivity contribution in [2.24, 2.45) is 0 Å². The molecule has 2 aromatic carbocycles. The number of fused-ring (bicyclic) bond motifs is 5. The first-order valence-electron chi connectivity index (χ1n) is 12.5. The van der Waals surface area contributed by atoms with Crippen LogP contribution in [0.5, 0.6) is 17.2 Å². The Kier molecular flexibility index (Phi) is 8.64. The lowest BCUT2D eigenvalue weighted by molar-refractivity contribution is -0.123. The first kappa shape index (κ1) is 25.7. The van der Waals surface area contributed by atoms with Crippen molar-refractivity contribution in [3.8, 4) is 17.2 Å². The fourth-order valence-electron chi connectivity index (χ4n) is 5.02. The molecule has 3 heterocycles. The van der Waals surface area contributed by atoms with E-state index in [9.17, 15) is 4.79 Å². The number of ether oxygens (including phenoxy) is 3. The molecule has 0 unspecified atom stereocenters. The number of likely N-dealkylation sites (tertiary alicyclic amines) is 1. The van der Waals surface area contributed by atoms with Gasteiger partial charge in [-0.1, -0.05) is 18.2 Å². The molecule has 0 aliphatic carbocycles. The van der Waals surface area contributed by atoms with Gasteiger partial charge in [0.25, 0.3) is 0 Å². The second-order valence-corrected chi connectivity index (χ2v) is 12.0. The molecule has 4 bridgehead atoms. The number of likely N-dealkylation sites (N-methyl/N-ethyl adjacent to an activating group) is 1. The predicted molar refractivity (Wildman–Crippen MR) is 146 cm³/mol. The van der Waals surface area contributed by atoms with Gasteiger partial charge >= 0.3 is 0 Å². The molecule has 0 spiro atoms. The summed E-state index contributed by atoms with van der Waals surface area (Å²) in [6.07, 6.45) is -0.0529. The number of thioether (sulfide) groups is 2. The summed E-state index contributed by atoms with van der Waals surface area (Å²) in [5.41, 5.74) is 2.10. The molecule has 3 aliphatic heterocycles. The number of hydrogen-bond acceptors (Lipinski definition) is 8. The van der Waals surface area contributed by atoms with Crippen molar-refractivity contribution in [3.63, 3.8) is 0 Å². The Bertz CT molecular complexity index is 1050. The van der Waals surface area contributed by atoms with Gasteiger partial charge in [0.05, 0.1) is 32.4 Å². The highest BCUT2D eigenvalue weighted by atomic mass is 32.2. The molecule has 0 saturated carbocycles. The van der Waals surface area contributed by atoms with Gasteiger partial charge in [-0.25, -0.2) is 0 Å². The monoisotopic (exact) mass is 529 g/mol. The van der Waals surface area contributed by atoms with E-state index in [4.69, 9.17) is 14.2 Å². The van der Waals surface area contributed by atoms with Crippen LogP contribution < -0.4 is 14.8 Å². The molecule has 7 nitrogen and oxygen atoms in total. The van der Waals surface area contributed by atoms with E-state index in [1.54, 1.807) is 7.11 Å². The van der Waals surface area contributed by atoms with Crippen molar-refractivity contribution >= 4 is 29.4 Å². The molecule has 194 valence electrons. The molecule has 9 heteroatoms. The van der Waals surface area contributed by atoms with Gasteiger partial charge < -0.3 is 19.5 Å². The fourth-order valence-corrected chi connectivity index (χ4v) is 7.64. The van der Waals surface area contributed by atoms with Crippen LogP contribution in [0.15, 0.2) is 42.5 Å². The van der Waals surface area contributed by atoms with E-state index >= 15 is 0 Å². The van der Waals surface area contributed by atoms with Crippen LogP contribution in [0, 0.1) is 0 Å². The van der Waals surface area contributed by atoms with Crippen molar-refractivity contribution in [1.29, 1.82) is 0 Å². The van der Waals surface area contributed by atoms with Crippen molar-refractivity contribution in [2.45, 2.75) is 31.3 Å². The lowest BCUT2D eigenvalue weighted by Gasteiger charge is -2.25. The molecule has 1 N–H and O–H groups in total. The molecule has 5 rings (SSSR count). The Labute approximate surface area is 222 Å². The number of carbonyl (C=O) groups is 1. The number of nitrogens with zero attached hydrogens (tertiary/aromatic N) is 2. The van der Waals surface area contributed by atoms with Gasteiger partial charge in [-0.2, -0.15) is 23.5 Å². The summed E-state index contributed by atoms with van der Waals surface area (Å²) in [5, 5.41) is 3.30. The number of methoxy groups -OCH3 is 1. The quantitative estimate of drug-likeness (QED) is 0.635. The summed E-state index contributed by atoms with van der Waals surface area (Å²) in [7, 11) is 3.61. The zero-order chi connectivity index (χ0) is 24.9. The molecule has 1 amide bonds. The minimum Gasteiger partial charge on any atom is -0.493 e. The van der Waals surface area contributed by atoms with Crippen molar-refractivity contribution < 1.29 is 19.0 Å². The topological polar surface area (TPSA) is 63.3 Å². The molecule has 2 aromatic rings. The van der Waals surface area contributed by atoms with Gasteiger partial charge in [-0.3, -0.25) is 14.6 Å². The number of carbonyl (C=O) groups excluding carboxylic acids is 1. The van der Waals surface area contributed by atoms with Crippen LogP contribution in [0.1, 0.15) is 11.1 Å². The molecule has 0 aromatic heterocycles. The Morgan fingerprint density at radius 1 is 1.03 bits per heavy atom. The lowest BCUT2D eigenvalue weighted by Crippen LogP contribution is -2.47. The number of rotatable bonds is 2. The van der Waals surface area contributed by atoms with Crippen molar-refractivity contribution in [3.05, 3.63) is 53.6 Å². The average Bonchev–Trinajstić information content (AvgIpc) is 3.06. The summed E-state index contributed by atoms with van der Waals surface area (Å²) in [4.78, 5) is 17.6. The normalized spacial score (nSPS) is 24.9. The Balaban J connectivity index is 1.38. The second kappa shape index (κ2) is 12.1. The van der Waals surface area contributed by atoms with Crippen LogP contribution in [0.3, 0.4) is 0 Å². The first-order valence-corrected chi connectivity index (χ1v) is 14.8.